The van der Waals surface area contributed by atoms with E-state index in [0.717, 1.165) is 10.3 Å². The molecule has 0 aliphatic carbocycles. The van der Waals surface area contributed by atoms with Gasteiger partial charge in [-0.15, -0.1) is 22.9 Å². The molecular weight excluding hydrogens is 348 g/mol. The Morgan fingerprint density at radius 2 is 2.04 bits per heavy atom. The normalized spacial score (nSPS) is 23.4. The molecule has 0 saturated carbocycles. The summed E-state index contributed by atoms with van der Waals surface area (Å²) in [5.41, 5.74) is 1.51. The SMILES string of the molecule is C=C1OC(c2csc3c(Oc4ccccc4)ncnc23)[C@H](Cl)[C@@H]1O. The summed E-state index contributed by atoms with van der Waals surface area (Å²) in [6.07, 6.45) is 0.0520. The van der Waals surface area contributed by atoms with E-state index >= 15 is 0 Å². The number of thiophene rings is 1. The summed E-state index contributed by atoms with van der Waals surface area (Å²) in [4.78, 5) is 8.57. The Kier molecular flexibility index (Phi) is 3.88. The zero-order valence-electron chi connectivity index (χ0n) is 12.4. The van der Waals surface area contributed by atoms with Crippen LogP contribution in [0.3, 0.4) is 0 Å². The molecule has 0 spiro atoms. The third kappa shape index (κ3) is 2.53. The number of rotatable bonds is 3. The minimum Gasteiger partial charge on any atom is -0.486 e. The molecule has 1 fully saturated rings. The zero-order chi connectivity index (χ0) is 16.7. The number of aliphatic hydroxyl groups is 1. The minimum absolute atomic E-state index is 0.272. The second-order valence-electron chi connectivity index (χ2n) is 5.36. The van der Waals surface area contributed by atoms with Crippen LogP contribution in [-0.2, 0) is 4.74 Å². The van der Waals surface area contributed by atoms with Gasteiger partial charge in [0.05, 0.1) is 5.52 Å². The van der Waals surface area contributed by atoms with Gasteiger partial charge in [-0.3, -0.25) is 0 Å². The largest absolute Gasteiger partial charge is 0.486 e. The van der Waals surface area contributed by atoms with Crippen LogP contribution in [0.25, 0.3) is 10.2 Å². The van der Waals surface area contributed by atoms with Crippen LogP contribution in [0.5, 0.6) is 11.6 Å². The first-order valence-corrected chi connectivity index (χ1v) is 8.59. The fourth-order valence-electron chi connectivity index (χ4n) is 2.60. The predicted molar refractivity (Wildman–Crippen MR) is 92.5 cm³/mol. The van der Waals surface area contributed by atoms with Crippen molar-refractivity contribution in [3.05, 3.63) is 59.9 Å². The van der Waals surface area contributed by atoms with Crippen LogP contribution in [0.1, 0.15) is 11.7 Å². The molecule has 0 bridgehead atoms. The van der Waals surface area contributed by atoms with E-state index in [1.165, 1.54) is 17.7 Å². The number of fused-ring (bicyclic) bond motifs is 1. The van der Waals surface area contributed by atoms with E-state index in [-0.39, 0.29) is 5.76 Å². The number of benzene rings is 1. The van der Waals surface area contributed by atoms with Gasteiger partial charge >= 0.3 is 0 Å². The Labute approximate surface area is 147 Å². The molecule has 24 heavy (non-hydrogen) atoms. The summed E-state index contributed by atoms with van der Waals surface area (Å²) in [5.74, 6) is 1.45. The topological polar surface area (TPSA) is 64.5 Å². The van der Waals surface area contributed by atoms with Crippen molar-refractivity contribution >= 4 is 33.2 Å². The molecule has 3 aromatic rings. The summed E-state index contributed by atoms with van der Waals surface area (Å²) in [5, 5.41) is 11.2. The van der Waals surface area contributed by atoms with Gasteiger partial charge in [0.15, 0.2) is 0 Å². The lowest BCUT2D eigenvalue weighted by Crippen LogP contribution is -2.18. The number of halogens is 1. The third-order valence-electron chi connectivity index (χ3n) is 3.81. The summed E-state index contributed by atoms with van der Waals surface area (Å²) in [6, 6.07) is 9.42. The third-order valence-corrected chi connectivity index (χ3v) is 5.25. The lowest BCUT2D eigenvalue weighted by molar-refractivity contribution is 0.158. The lowest BCUT2D eigenvalue weighted by Gasteiger charge is -2.12. The van der Waals surface area contributed by atoms with E-state index in [1.807, 2.05) is 35.7 Å². The maximum atomic E-state index is 9.95. The first kappa shape index (κ1) is 15.4. The number of ether oxygens (including phenoxy) is 2. The van der Waals surface area contributed by atoms with Gasteiger partial charge in [-0.25, -0.2) is 9.97 Å². The number of para-hydroxylation sites is 1. The number of aromatic nitrogens is 2. The Morgan fingerprint density at radius 3 is 2.75 bits per heavy atom. The maximum absolute atomic E-state index is 9.95. The Morgan fingerprint density at radius 1 is 1.25 bits per heavy atom. The van der Waals surface area contributed by atoms with E-state index in [1.54, 1.807) is 0 Å². The minimum atomic E-state index is -0.895. The molecule has 5 nitrogen and oxygen atoms in total. The molecule has 1 N–H and O–H groups in total. The molecule has 1 aliphatic rings. The molecule has 3 atom stereocenters. The van der Waals surface area contributed by atoms with Crippen molar-refractivity contribution < 1.29 is 14.6 Å². The molecule has 2 aromatic heterocycles. The smallest absolute Gasteiger partial charge is 0.240 e. The number of hydrogen-bond acceptors (Lipinski definition) is 6. The zero-order valence-corrected chi connectivity index (χ0v) is 14.0. The second kappa shape index (κ2) is 6.05. The molecule has 1 unspecified atom stereocenters. The highest BCUT2D eigenvalue weighted by atomic mass is 35.5. The van der Waals surface area contributed by atoms with Gasteiger partial charge in [-0.05, 0) is 12.1 Å². The molecule has 122 valence electrons. The number of aliphatic hydroxyl groups excluding tert-OH is 1. The quantitative estimate of drug-likeness (QED) is 0.714. The van der Waals surface area contributed by atoms with Gasteiger partial charge in [0.25, 0.3) is 0 Å². The maximum Gasteiger partial charge on any atom is 0.240 e. The van der Waals surface area contributed by atoms with Crippen molar-refractivity contribution in [3.63, 3.8) is 0 Å². The van der Waals surface area contributed by atoms with E-state index in [2.05, 4.69) is 16.5 Å². The Bertz CT molecular complexity index is 899. The van der Waals surface area contributed by atoms with Crippen molar-refractivity contribution in [1.29, 1.82) is 0 Å². The van der Waals surface area contributed by atoms with Gasteiger partial charge in [0.2, 0.25) is 5.88 Å². The van der Waals surface area contributed by atoms with Crippen molar-refractivity contribution in [1.82, 2.24) is 9.97 Å². The van der Waals surface area contributed by atoms with E-state index in [0.29, 0.717) is 17.1 Å². The van der Waals surface area contributed by atoms with E-state index in [9.17, 15) is 5.11 Å². The van der Waals surface area contributed by atoms with Crippen LogP contribution >= 0.6 is 22.9 Å². The summed E-state index contributed by atoms with van der Waals surface area (Å²) in [7, 11) is 0. The Hall–Kier alpha value is -2.15. The first-order valence-electron chi connectivity index (χ1n) is 7.27. The average Bonchev–Trinajstić information content (AvgIpc) is 3.13. The fraction of sp³-hybridized carbons (Fsp3) is 0.176. The summed E-state index contributed by atoms with van der Waals surface area (Å²) in [6.45, 7) is 3.69. The van der Waals surface area contributed by atoms with Gasteiger partial charge < -0.3 is 14.6 Å². The molecule has 1 aliphatic heterocycles. The molecule has 0 radical (unpaired) electrons. The van der Waals surface area contributed by atoms with Crippen LogP contribution in [0.15, 0.2) is 54.4 Å². The van der Waals surface area contributed by atoms with Gasteiger partial charge in [0.1, 0.15) is 40.1 Å². The van der Waals surface area contributed by atoms with E-state index in [4.69, 9.17) is 21.1 Å². The lowest BCUT2D eigenvalue weighted by atomic mass is 10.1. The van der Waals surface area contributed by atoms with Gasteiger partial charge in [0, 0.05) is 10.9 Å². The van der Waals surface area contributed by atoms with E-state index < -0.39 is 17.6 Å². The highest BCUT2D eigenvalue weighted by Crippen LogP contribution is 2.44. The monoisotopic (exact) mass is 360 g/mol. The molecular formula is C17H13ClN2O3S. The van der Waals surface area contributed by atoms with Gasteiger partial charge in [-0.2, -0.15) is 0 Å². The van der Waals surface area contributed by atoms with Crippen LogP contribution in [0.4, 0.5) is 0 Å². The molecule has 1 saturated heterocycles. The number of nitrogens with zero attached hydrogens (tertiary/aromatic N) is 2. The molecule has 4 rings (SSSR count). The van der Waals surface area contributed by atoms with Crippen molar-refractivity contribution in [2.24, 2.45) is 0 Å². The van der Waals surface area contributed by atoms with Crippen molar-refractivity contribution in [2.75, 3.05) is 0 Å². The molecule has 3 heterocycles. The van der Waals surface area contributed by atoms with Crippen LogP contribution in [0.2, 0.25) is 0 Å². The van der Waals surface area contributed by atoms with Crippen LogP contribution in [0, 0.1) is 0 Å². The van der Waals surface area contributed by atoms with Gasteiger partial charge in [-0.1, -0.05) is 24.8 Å². The number of alkyl halides is 1. The summed E-state index contributed by atoms with van der Waals surface area (Å²) < 4.78 is 12.3. The standard InChI is InChI=1S/C17H13ClN2O3S/c1-9-14(21)12(18)15(22-9)11-7-24-16-13(11)19-8-20-17(16)23-10-5-3-2-4-6-10/h2-8,12,14-15,21H,1H2/t12-,14-,15?/m1/s1. The predicted octanol–water partition coefficient (Wildman–Crippen LogP) is 4.04. The number of hydrogen-bond donors (Lipinski definition) is 1. The second-order valence-corrected chi connectivity index (χ2v) is 6.74. The molecule has 1 aromatic carbocycles. The Balaban J connectivity index is 1.73. The molecule has 7 heteroatoms. The van der Waals surface area contributed by atoms with Crippen LogP contribution in [-0.4, -0.2) is 26.6 Å². The highest BCUT2D eigenvalue weighted by molar-refractivity contribution is 7.17. The fourth-order valence-corrected chi connectivity index (χ4v) is 3.89. The summed E-state index contributed by atoms with van der Waals surface area (Å²) >= 11 is 7.73. The first-order chi connectivity index (χ1) is 11.6. The van der Waals surface area contributed by atoms with Crippen LogP contribution < -0.4 is 4.74 Å². The highest BCUT2D eigenvalue weighted by Gasteiger charge is 2.41. The van der Waals surface area contributed by atoms with Crippen molar-refractivity contribution in [3.8, 4) is 11.6 Å². The average molecular weight is 361 g/mol. The van der Waals surface area contributed by atoms with Crippen molar-refractivity contribution in [2.45, 2.75) is 17.6 Å². The molecule has 0 amide bonds.